The van der Waals surface area contributed by atoms with Crippen LogP contribution in [0.4, 0.5) is 0 Å². The summed E-state index contributed by atoms with van der Waals surface area (Å²) in [7, 11) is 0. The summed E-state index contributed by atoms with van der Waals surface area (Å²) in [6.07, 6.45) is -0.543. The van der Waals surface area contributed by atoms with Crippen molar-refractivity contribution in [2.45, 2.75) is 13.2 Å². The topological polar surface area (TPSA) is 57.0 Å². The highest BCUT2D eigenvalue weighted by Gasteiger charge is 2.26. The molecule has 0 saturated carbocycles. The molecular formula is C20H17NO4. The van der Waals surface area contributed by atoms with Gasteiger partial charge in [0.25, 0.3) is 0 Å². The molecule has 0 N–H and O–H groups in total. The predicted octanol–water partition coefficient (Wildman–Crippen LogP) is 3.42. The highest BCUT2D eigenvalue weighted by atomic mass is 16.7. The monoisotopic (exact) mass is 335 g/mol. The molecule has 1 aromatic carbocycles. The first-order valence-corrected chi connectivity index (χ1v) is 8.15. The molecule has 0 aliphatic carbocycles. The Morgan fingerprint density at radius 3 is 2.40 bits per heavy atom. The number of rotatable bonds is 4. The van der Waals surface area contributed by atoms with Crippen LogP contribution in [0.25, 0.3) is 5.52 Å². The molecule has 1 aliphatic heterocycles. The maximum Gasteiger partial charge on any atom is 0.209 e. The Labute approximate surface area is 144 Å². The van der Waals surface area contributed by atoms with Crippen molar-refractivity contribution >= 4 is 17.1 Å². The Morgan fingerprint density at radius 2 is 1.72 bits per heavy atom. The molecule has 1 saturated heterocycles. The Balaban J connectivity index is 1.96. The number of carbonyl (C=O) groups is 2. The van der Waals surface area contributed by atoms with E-state index in [0.29, 0.717) is 41.2 Å². The zero-order valence-corrected chi connectivity index (χ0v) is 13.8. The Morgan fingerprint density at radius 1 is 1.00 bits per heavy atom. The van der Waals surface area contributed by atoms with Crippen molar-refractivity contribution in [3.8, 4) is 0 Å². The number of nitrogens with zero attached hydrogens (tertiary/aromatic N) is 1. The lowest BCUT2D eigenvalue weighted by Gasteiger charge is -2.14. The van der Waals surface area contributed by atoms with Gasteiger partial charge < -0.3 is 13.9 Å². The third-order valence-corrected chi connectivity index (χ3v) is 4.33. The fourth-order valence-electron chi connectivity index (χ4n) is 3.18. The van der Waals surface area contributed by atoms with Crippen molar-refractivity contribution < 1.29 is 19.1 Å². The molecular weight excluding hydrogens is 318 g/mol. The Hall–Kier alpha value is -2.76. The lowest BCUT2D eigenvalue weighted by atomic mass is 10.1. The van der Waals surface area contributed by atoms with Crippen LogP contribution in [0.1, 0.15) is 45.3 Å². The van der Waals surface area contributed by atoms with E-state index in [4.69, 9.17) is 9.47 Å². The molecule has 4 rings (SSSR count). The summed E-state index contributed by atoms with van der Waals surface area (Å²) < 4.78 is 13.0. The molecule has 5 heteroatoms. The van der Waals surface area contributed by atoms with Gasteiger partial charge in [-0.05, 0) is 25.1 Å². The second kappa shape index (κ2) is 6.27. The quantitative estimate of drug-likeness (QED) is 0.686. The van der Waals surface area contributed by atoms with E-state index >= 15 is 0 Å². The molecule has 0 amide bonds. The molecule has 0 spiro atoms. The molecule has 25 heavy (non-hydrogen) atoms. The molecule has 0 atom stereocenters. The van der Waals surface area contributed by atoms with E-state index < -0.39 is 6.29 Å². The molecule has 126 valence electrons. The van der Waals surface area contributed by atoms with E-state index in [-0.39, 0.29) is 11.6 Å². The highest BCUT2D eigenvalue weighted by molar-refractivity contribution is 6.12. The van der Waals surface area contributed by atoms with Gasteiger partial charge in [0, 0.05) is 11.1 Å². The van der Waals surface area contributed by atoms with E-state index in [1.165, 1.54) is 6.92 Å². The average molecular weight is 335 g/mol. The maximum atomic E-state index is 13.0. The van der Waals surface area contributed by atoms with Gasteiger partial charge in [-0.25, -0.2) is 0 Å². The second-order valence-electron chi connectivity index (χ2n) is 5.94. The van der Waals surface area contributed by atoms with E-state index in [0.717, 1.165) is 0 Å². The van der Waals surface area contributed by atoms with E-state index in [2.05, 4.69) is 0 Å². The summed E-state index contributed by atoms with van der Waals surface area (Å²) in [6.45, 7) is 2.51. The first-order chi connectivity index (χ1) is 12.2. The molecule has 1 aliphatic rings. The molecule has 3 aromatic rings. The van der Waals surface area contributed by atoms with Crippen LogP contribution in [0.2, 0.25) is 0 Å². The van der Waals surface area contributed by atoms with Crippen LogP contribution < -0.4 is 0 Å². The van der Waals surface area contributed by atoms with Gasteiger partial charge in [0.1, 0.15) is 0 Å². The summed E-state index contributed by atoms with van der Waals surface area (Å²) in [5.74, 6) is -0.233. The fraction of sp³-hybridized carbons (Fsp3) is 0.200. The molecule has 0 unspecified atom stereocenters. The smallest absolute Gasteiger partial charge is 0.209 e. The third-order valence-electron chi connectivity index (χ3n) is 4.33. The first kappa shape index (κ1) is 15.7. The number of Topliss-reactive ketones (excluding diaryl/α,β-unsaturated/α-hetero) is 1. The maximum absolute atomic E-state index is 13.0. The number of hydrogen-bond acceptors (Lipinski definition) is 4. The van der Waals surface area contributed by atoms with E-state index in [9.17, 15) is 9.59 Å². The number of carbonyl (C=O) groups excluding carboxylic acids is 2. The van der Waals surface area contributed by atoms with Crippen molar-refractivity contribution in [2.75, 3.05) is 13.2 Å². The Kier molecular flexibility index (Phi) is 3.95. The standard InChI is InChI=1S/C20H17NO4/c1-13(22)15-12-18(19(23)14-6-3-2-4-7-14)21-16(15)8-5-9-17(21)20-24-10-11-25-20/h2-9,12,20H,10-11H2,1H3. The zero-order chi connectivity index (χ0) is 17.4. The number of fused-ring (bicyclic) bond motifs is 1. The first-order valence-electron chi connectivity index (χ1n) is 8.15. The van der Waals surface area contributed by atoms with Crippen molar-refractivity contribution in [2.24, 2.45) is 0 Å². The molecule has 1 fully saturated rings. The average Bonchev–Trinajstić information content (AvgIpc) is 3.29. The van der Waals surface area contributed by atoms with Crippen LogP contribution in [0.3, 0.4) is 0 Å². The normalized spacial score (nSPS) is 14.9. The van der Waals surface area contributed by atoms with Crippen LogP contribution in [0.15, 0.2) is 54.6 Å². The largest absolute Gasteiger partial charge is 0.345 e. The minimum atomic E-state index is -0.543. The van der Waals surface area contributed by atoms with Gasteiger partial charge in [0.15, 0.2) is 12.1 Å². The second-order valence-corrected chi connectivity index (χ2v) is 5.94. The molecule has 0 bridgehead atoms. The zero-order valence-electron chi connectivity index (χ0n) is 13.8. The van der Waals surface area contributed by atoms with Crippen LogP contribution in [-0.2, 0) is 9.47 Å². The van der Waals surface area contributed by atoms with Crippen molar-refractivity contribution in [1.82, 2.24) is 4.40 Å². The number of pyridine rings is 1. The molecule has 5 nitrogen and oxygen atoms in total. The van der Waals surface area contributed by atoms with Gasteiger partial charge in [-0.2, -0.15) is 0 Å². The number of hydrogen-bond donors (Lipinski definition) is 0. The molecule has 2 aromatic heterocycles. The fourth-order valence-corrected chi connectivity index (χ4v) is 3.18. The lowest BCUT2D eigenvalue weighted by Crippen LogP contribution is -2.11. The molecule has 0 radical (unpaired) electrons. The number of ether oxygens (including phenoxy) is 2. The van der Waals surface area contributed by atoms with Gasteiger partial charge in [0.05, 0.1) is 30.1 Å². The van der Waals surface area contributed by atoms with Crippen LogP contribution >= 0.6 is 0 Å². The summed E-state index contributed by atoms with van der Waals surface area (Å²) in [6, 6.07) is 16.2. The van der Waals surface area contributed by atoms with Crippen LogP contribution in [0.5, 0.6) is 0 Å². The van der Waals surface area contributed by atoms with Crippen molar-refractivity contribution in [1.29, 1.82) is 0 Å². The summed E-state index contributed by atoms with van der Waals surface area (Å²) in [4.78, 5) is 25.1. The van der Waals surface area contributed by atoms with E-state index in [1.807, 2.05) is 36.4 Å². The van der Waals surface area contributed by atoms with E-state index in [1.54, 1.807) is 22.6 Å². The SMILES string of the molecule is CC(=O)c1cc(C(=O)c2ccccc2)n2c(C3OCCO3)cccc12. The minimum absolute atomic E-state index is 0.0879. The summed E-state index contributed by atoms with van der Waals surface area (Å²) in [5, 5.41) is 0. The van der Waals surface area contributed by atoms with Gasteiger partial charge in [0.2, 0.25) is 5.78 Å². The van der Waals surface area contributed by atoms with Gasteiger partial charge in [-0.15, -0.1) is 0 Å². The van der Waals surface area contributed by atoms with Crippen LogP contribution in [0, 0.1) is 0 Å². The number of aromatic nitrogens is 1. The summed E-state index contributed by atoms with van der Waals surface area (Å²) >= 11 is 0. The lowest BCUT2D eigenvalue weighted by molar-refractivity contribution is -0.0481. The number of ketones is 2. The van der Waals surface area contributed by atoms with Crippen LogP contribution in [-0.4, -0.2) is 29.2 Å². The predicted molar refractivity (Wildman–Crippen MR) is 91.9 cm³/mol. The summed E-state index contributed by atoms with van der Waals surface area (Å²) in [5.41, 5.74) is 2.91. The van der Waals surface area contributed by atoms with Gasteiger partial charge in [-0.3, -0.25) is 9.59 Å². The van der Waals surface area contributed by atoms with Crippen molar-refractivity contribution in [3.05, 3.63) is 77.1 Å². The Bertz CT molecular complexity index is 952. The third kappa shape index (κ3) is 2.67. The van der Waals surface area contributed by atoms with Gasteiger partial charge in [-0.1, -0.05) is 36.4 Å². The van der Waals surface area contributed by atoms with Crippen molar-refractivity contribution in [3.63, 3.8) is 0 Å². The highest BCUT2D eigenvalue weighted by Crippen LogP contribution is 2.29. The minimum Gasteiger partial charge on any atom is -0.345 e. The molecule has 3 heterocycles. The number of benzene rings is 1. The van der Waals surface area contributed by atoms with Gasteiger partial charge >= 0.3 is 0 Å².